The molecule has 0 heterocycles. The minimum Gasteiger partial charge on any atom is -0.480 e. The standard InChI is InChI=1S/C14H18O6/c1-3-7-13(20-10(15)4-2)8-5-6-9-14(13,11(16)17)12(18)19/h4,6,9H,2-3,5,7-8H2,1H3,(H,16,17)(H,18,19). The van der Waals surface area contributed by atoms with Crippen molar-refractivity contribution in [1.29, 1.82) is 0 Å². The fraction of sp³-hybridized carbons (Fsp3) is 0.500. The van der Waals surface area contributed by atoms with Gasteiger partial charge in [0.05, 0.1) is 0 Å². The highest BCUT2D eigenvalue weighted by molar-refractivity contribution is 6.03. The van der Waals surface area contributed by atoms with Crippen LogP contribution in [0.4, 0.5) is 0 Å². The zero-order chi connectivity index (χ0) is 15.4. The number of hydrogen-bond donors (Lipinski definition) is 2. The molecule has 20 heavy (non-hydrogen) atoms. The minimum atomic E-state index is -2.26. The summed E-state index contributed by atoms with van der Waals surface area (Å²) in [6.07, 6.45) is 4.76. The molecule has 110 valence electrons. The second-order valence-corrected chi connectivity index (χ2v) is 4.73. The van der Waals surface area contributed by atoms with Gasteiger partial charge in [0, 0.05) is 6.08 Å². The second-order valence-electron chi connectivity index (χ2n) is 4.73. The molecule has 0 amide bonds. The summed E-state index contributed by atoms with van der Waals surface area (Å²) in [5.41, 5.74) is -3.86. The van der Waals surface area contributed by atoms with Crippen LogP contribution in [0.3, 0.4) is 0 Å². The summed E-state index contributed by atoms with van der Waals surface area (Å²) in [6, 6.07) is 0. The van der Waals surface area contributed by atoms with Gasteiger partial charge in [-0.1, -0.05) is 32.1 Å². The molecular formula is C14H18O6. The molecule has 2 N–H and O–H groups in total. The predicted octanol–water partition coefficient (Wildman–Crippen LogP) is 1.76. The van der Waals surface area contributed by atoms with Gasteiger partial charge in [0.15, 0.2) is 0 Å². The van der Waals surface area contributed by atoms with Gasteiger partial charge in [-0.2, -0.15) is 0 Å². The SMILES string of the molecule is C=CC(=O)OC1(CCC)CCC=CC1(C(=O)O)C(=O)O. The lowest BCUT2D eigenvalue weighted by molar-refractivity contribution is -0.193. The molecule has 1 rings (SSSR count). The molecule has 0 fully saturated rings. The monoisotopic (exact) mass is 282 g/mol. The summed E-state index contributed by atoms with van der Waals surface area (Å²) in [5, 5.41) is 18.9. The zero-order valence-electron chi connectivity index (χ0n) is 11.3. The van der Waals surface area contributed by atoms with Crippen LogP contribution in [-0.4, -0.2) is 33.7 Å². The van der Waals surface area contributed by atoms with Crippen molar-refractivity contribution in [1.82, 2.24) is 0 Å². The van der Waals surface area contributed by atoms with Crippen LogP contribution in [-0.2, 0) is 19.1 Å². The highest BCUT2D eigenvalue weighted by Crippen LogP contribution is 2.47. The first-order valence-electron chi connectivity index (χ1n) is 6.36. The van der Waals surface area contributed by atoms with E-state index in [-0.39, 0.29) is 12.8 Å². The van der Waals surface area contributed by atoms with E-state index >= 15 is 0 Å². The molecule has 0 aliphatic heterocycles. The highest BCUT2D eigenvalue weighted by Gasteiger charge is 2.63. The Hall–Kier alpha value is -2.11. The lowest BCUT2D eigenvalue weighted by atomic mass is 9.64. The molecule has 1 atom stereocenters. The maximum Gasteiger partial charge on any atom is 0.330 e. The fourth-order valence-electron chi connectivity index (χ4n) is 2.69. The van der Waals surface area contributed by atoms with Crippen LogP contribution in [0.25, 0.3) is 0 Å². The van der Waals surface area contributed by atoms with Crippen LogP contribution in [0.1, 0.15) is 32.6 Å². The average Bonchev–Trinajstić information content (AvgIpc) is 2.38. The number of aliphatic carboxylic acids is 2. The topological polar surface area (TPSA) is 101 Å². The molecular weight excluding hydrogens is 264 g/mol. The summed E-state index contributed by atoms with van der Waals surface area (Å²) in [4.78, 5) is 34.8. The van der Waals surface area contributed by atoms with E-state index < -0.39 is 28.9 Å². The van der Waals surface area contributed by atoms with Crippen LogP contribution in [0.5, 0.6) is 0 Å². The van der Waals surface area contributed by atoms with Gasteiger partial charge < -0.3 is 14.9 Å². The Morgan fingerprint density at radius 3 is 2.40 bits per heavy atom. The van der Waals surface area contributed by atoms with Gasteiger partial charge >= 0.3 is 17.9 Å². The lowest BCUT2D eigenvalue weighted by Crippen LogP contribution is -2.60. The molecule has 0 bridgehead atoms. The Labute approximate surface area is 116 Å². The van der Waals surface area contributed by atoms with Crippen LogP contribution in [0, 0.1) is 5.41 Å². The minimum absolute atomic E-state index is 0.148. The molecule has 0 radical (unpaired) electrons. The van der Waals surface area contributed by atoms with Gasteiger partial charge in [-0.15, -0.1) is 0 Å². The molecule has 0 aromatic heterocycles. The van der Waals surface area contributed by atoms with E-state index in [1.54, 1.807) is 6.92 Å². The fourth-order valence-corrected chi connectivity index (χ4v) is 2.69. The van der Waals surface area contributed by atoms with Crippen molar-refractivity contribution in [3.63, 3.8) is 0 Å². The Morgan fingerprint density at radius 1 is 1.35 bits per heavy atom. The van der Waals surface area contributed by atoms with Crippen molar-refractivity contribution < 1.29 is 29.3 Å². The van der Waals surface area contributed by atoms with E-state index in [4.69, 9.17) is 4.74 Å². The van der Waals surface area contributed by atoms with E-state index in [0.29, 0.717) is 12.8 Å². The van der Waals surface area contributed by atoms with Gasteiger partial charge in [-0.25, -0.2) is 4.79 Å². The molecule has 0 aromatic rings. The smallest absolute Gasteiger partial charge is 0.330 e. The van der Waals surface area contributed by atoms with Crippen molar-refractivity contribution in [3.05, 3.63) is 24.8 Å². The molecule has 1 aliphatic carbocycles. The average molecular weight is 282 g/mol. The maximum atomic E-state index is 11.6. The third kappa shape index (κ3) is 2.33. The molecule has 0 aromatic carbocycles. The molecule has 1 unspecified atom stereocenters. The van der Waals surface area contributed by atoms with Crippen LogP contribution in [0.15, 0.2) is 24.8 Å². The molecule has 1 aliphatic rings. The first-order chi connectivity index (χ1) is 9.36. The Morgan fingerprint density at radius 2 is 1.95 bits per heavy atom. The van der Waals surface area contributed by atoms with Crippen LogP contribution < -0.4 is 0 Å². The third-order valence-corrected chi connectivity index (χ3v) is 3.59. The summed E-state index contributed by atoms with van der Waals surface area (Å²) in [6.45, 7) is 5.04. The van der Waals surface area contributed by atoms with Gasteiger partial charge in [0.25, 0.3) is 0 Å². The van der Waals surface area contributed by atoms with Crippen molar-refractivity contribution in [2.24, 2.45) is 5.41 Å². The zero-order valence-corrected chi connectivity index (χ0v) is 11.3. The number of carboxylic acids is 2. The van der Waals surface area contributed by atoms with Crippen molar-refractivity contribution in [2.45, 2.75) is 38.2 Å². The number of rotatable bonds is 6. The molecule has 0 saturated carbocycles. The van der Waals surface area contributed by atoms with E-state index in [0.717, 1.165) is 12.2 Å². The number of carbonyl (C=O) groups excluding carboxylic acids is 1. The van der Waals surface area contributed by atoms with Gasteiger partial charge in [0.2, 0.25) is 5.41 Å². The lowest BCUT2D eigenvalue weighted by Gasteiger charge is -2.44. The van der Waals surface area contributed by atoms with Crippen molar-refractivity contribution >= 4 is 17.9 Å². The number of carbonyl (C=O) groups is 3. The van der Waals surface area contributed by atoms with Gasteiger partial charge in [-0.3, -0.25) is 9.59 Å². The van der Waals surface area contributed by atoms with E-state index in [1.165, 1.54) is 6.08 Å². The van der Waals surface area contributed by atoms with E-state index in [2.05, 4.69) is 6.58 Å². The highest BCUT2D eigenvalue weighted by atomic mass is 16.6. The third-order valence-electron chi connectivity index (χ3n) is 3.59. The van der Waals surface area contributed by atoms with Crippen LogP contribution in [0.2, 0.25) is 0 Å². The Balaban J connectivity index is 3.46. The predicted molar refractivity (Wildman–Crippen MR) is 70.0 cm³/mol. The summed E-state index contributed by atoms with van der Waals surface area (Å²) in [5.74, 6) is -3.89. The van der Waals surface area contributed by atoms with Gasteiger partial charge in [-0.05, 0) is 19.3 Å². The molecule has 6 heteroatoms. The number of hydrogen-bond acceptors (Lipinski definition) is 4. The van der Waals surface area contributed by atoms with Crippen LogP contribution >= 0.6 is 0 Å². The number of allylic oxidation sites excluding steroid dienone is 1. The summed E-state index contributed by atoms with van der Waals surface area (Å²) in [7, 11) is 0. The maximum absolute atomic E-state index is 11.6. The molecule has 6 nitrogen and oxygen atoms in total. The molecule has 0 saturated heterocycles. The number of esters is 1. The first-order valence-corrected chi connectivity index (χ1v) is 6.36. The largest absolute Gasteiger partial charge is 0.480 e. The quantitative estimate of drug-likeness (QED) is 0.333. The van der Waals surface area contributed by atoms with Crippen molar-refractivity contribution in [2.75, 3.05) is 0 Å². The second kappa shape index (κ2) is 5.90. The van der Waals surface area contributed by atoms with E-state index in [1.807, 2.05) is 0 Å². The summed E-state index contributed by atoms with van der Waals surface area (Å²) < 4.78 is 5.24. The first kappa shape index (κ1) is 15.9. The van der Waals surface area contributed by atoms with Crippen molar-refractivity contribution in [3.8, 4) is 0 Å². The van der Waals surface area contributed by atoms with E-state index in [9.17, 15) is 24.6 Å². The molecule has 0 spiro atoms. The Bertz CT molecular complexity index is 450. The normalized spacial score (nSPS) is 23.9. The summed E-state index contributed by atoms with van der Waals surface area (Å²) >= 11 is 0. The number of carboxylic acid groups (broad SMARTS) is 2. The van der Waals surface area contributed by atoms with Gasteiger partial charge in [0.1, 0.15) is 5.60 Å². The number of ether oxygens (including phenoxy) is 1. The Kier molecular flexibility index (Phi) is 4.70.